The first-order valence-corrected chi connectivity index (χ1v) is 11.8. The first-order valence-electron chi connectivity index (χ1n) is 11.0. The molecule has 172 valence electrons. The predicted octanol–water partition coefficient (Wildman–Crippen LogP) is 5.51. The fraction of sp³-hybridized carbons (Fsp3) is 0.346. The summed E-state index contributed by atoms with van der Waals surface area (Å²) < 4.78 is 0. The number of fused-ring (bicyclic) bond motifs is 1. The number of carbonyl (C=O) groups excluding carboxylic acids is 2. The number of rotatable bonds is 2. The molecule has 0 spiro atoms. The van der Waals surface area contributed by atoms with Gasteiger partial charge in [-0.1, -0.05) is 36.2 Å². The first kappa shape index (κ1) is 23.5. The number of amides is 2. The van der Waals surface area contributed by atoms with Crippen molar-refractivity contribution in [2.45, 2.75) is 52.5 Å². The van der Waals surface area contributed by atoms with Gasteiger partial charge in [-0.3, -0.25) is 19.8 Å². The zero-order valence-corrected chi connectivity index (χ0v) is 21.3. The van der Waals surface area contributed by atoms with E-state index < -0.39 is 11.8 Å². The summed E-state index contributed by atoms with van der Waals surface area (Å²) in [6, 6.07) is 9.66. The second-order valence-corrected chi connectivity index (χ2v) is 10.5. The number of aryl methyl sites for hydroxylation is 2. The van der Waals surface area contributed by atoms with Crippen molar-refractivity contribution in [1.29, 1.82) is 0 Å². The van der Waals surface area contributed by atoms with Gasteiger partial charge in [0.1, 0.15) is 5.57 Å². The highest BCUT2D eigenvalue weighted by Crippen LogP contribution is 2.44. The number of hydrogen-bond donors (Lipinski definition) is 1. The first-order chi connectivity index (χ1) is 15.4. The van der Waals surface area contributed by atoms with E-state index in [1.54, 1.807) is 6.08 Å². The Kier molecular flexibility index (Phi) is 5.87. The lowest BCUT2D eigenvalue weighted by Gasteiger charge is -2.45. The summed E-state index contributed by atoms with van der Waals surface area (Å²) in [5.74, 6) is -0.669. The molecule has 0 saturated carbocycles. The van der Waals surface area contributed by atoms with E-state index in [1.807, 2.05) is 44.2 Å². The van der Waals surface area contributed by atoms with Gasteiger partial charge in [0.15, 0.2) is 5.11 Å². The van der Waals surface area contributed by atoms with Gasteiger partial charge in [0.25, 0.3) is 11.8 Å². The van der Waals surface area contributed by atoms with E-state index in [-0.39, 0.29) is 16.2 Å². The van der Waals surface area contributed by atoms with Crippen LogP contribution in [-0.4, -0.2) is 29.5 Å². The van der Waals surface area contributed by atoms with E-state index in [0.29, 0.717) is 22.2 Å². The van der Waals surface area contributed by atoms with Crippen molar-refractivity contribution in [2.75, 3.05) is 16.8 Å². The van der Waals surface area contributed by atoms with Crippen molar-refractivity contribution >= 4 is 58.2 Å². The molecule has 1 unspecified atom stereocenters. The Morgan fingerprint density at radius 2 is 1.85 bits per heavy atom. The molecule has 2 aliphatic rings. The molecular formula is C26H28ClN3O2S. The van der Waals surface area contributed by atoms with Gasteiger partial charge < -0.3 is 4.90 Å². The molecule has 33 heavy (non-hydrogen) atoms. The Bertz CT molecular complexity index is 1230. The van der Waals surface area contributed by atoms with Crippen LogP contribution in [0.1, 0.15) is 55.4 Å². The maximum absolute atomic E-state index is 13.4. The lowest BCUT2D eigenvalue weighted by Crippen LogP contribution is -2.54. The molecule has 2 amide bonds. The smallest absolute Gasteiger partial charge is 0.270 e. The van der Waals surface area contributed by atoms with Crippen LogP contribution in [0.5, 0.6) is 0 Å². The van der Waals surface area contributed by atoms with Gasteiger partial charge in [0, 0.05) is 23.3 Å². The minimum Gasteiger partial charge on any atom is -0.369 e. The summed E-state index contributed by atoms with van der Waals surface area (Å²) >= 11 is 12.0. The highest BCUT2D eigenvalue weighted by Gasteiger charge is 2.37. The molecule has 1 fully saturated rings. The molecule has 5 nitrogen and oxygen atoms in total. The van der Waals surface area contributed by atoms with Crippen LogP contribution in [0.4, 0.5) is 11.4 Å². The van der Waals surface area contributed by atoms with Crippen LogP contribution in [0, 0.1) is 13.8 Å². The average Bonchev–Trinajstić information content (AvgIpc) is 2.71. The second-order valence-electron chi connectivity index (χ2n) is 9.66. The molecule has 2 aliphatic heterocycles. The van der Waals surface area contributed by atoms with Gasteiger partial charge in [-0.2, -0.15) is 0 Å². The minimum absolute atomic E-state index is 0.00238. The summed E-state index contributed by atoms with van der Waals surface area (Å²) in [7, 11) is 2.07. The molecule has 0 radical (unpaired) electrons. The van der Waals surface area contributed by atoms with Crippen LogP contribution in [-0.2, 0) is 9.59 Å². The summed E-state index contributed by atoms with van der Waals surface area (Å²) in [5.41, 5.74) is 5.50. The van der Waals surface area contributed by atoms with Crippen molar-refractivity contribution in [3.63, 3.8) is 0 Å². The van der Waals surface area contributed by atoms with E-state index in [1.165, 1.54) is 4.90 Å². The Balaban J connectivity index is 1.78. The molecule has 1 atom stereocenters. The lowest BCUT2D eigenvalue weighted by atomic mass is 9.80. The molecule has 0 aliphatic carbocycles. The summed E-state index contributed by atoms with van der Waals surface area (Å²) in [5, 5.41) is 3.22. The van der Waals surface area contributed by atoms with Crippen LogP contribution in [0.25, 0.3) is 6.08 Å². The largest absolute Gasteiger partial charge is 0.369 e. The summed E-state index contributed by atoms with van der Waals surface area (Å²) in [6.07, 6.45) is 2.56. The third kappa shape index (κ3) is 4.06. The maximum atomic E-state index is 13.4. The van der Waals surface area contributed by atoms with E-state index in [4.69, 9.17) is 23.8 Å². The molecule has 7 heteroatoms. The predicted molar refractivity (Wildman–Crippen MR) is 139 cm³/mol. The maximum Gasteiger partial charge on any atom is 0.270 e. The average molecular weight is 482 g/mol. The van der Waals surface area contributed by atoms with Gasteiger partial charge >= 0.3 is 0 Å². The monoisotopic (exact) mass is 481 g/mol. The van der Waals surface area contributed by atoms with E-state index in [9.17, 15) is 9.59 Å². The van der Waals surface area contributed by atoms with Crippen molar-refractivity contribution < 1.29 is 9.59 Å². The number of nitrogens with zero attached hydrogens (tertiary/aromatic N) is 2. The third-order valence-corrected chi connectivity index (χ3v) is 7.36. The molecule has 2 aromatic rings. The van der Waals surface area contributed by atoms with E-state index in [2.05, 4.69) is 38.0 Å². The summed E-state index contributed by atoms with van der Waals surface area (Å²) in [6.45, 7) is 10.5. The van der Waals surface area contributed by atoms with Crippen LogP contribution in [0.3, 0.4) is 0 Å². The van der Waals surface area contributed by atoms with Gasteiger partial charge in [0.2, 0.25) is 0 Å². The lowest BCUT2D eigenvalue weighted by molar-refractivity contribution is -0.122. The number of hydrogen-bond acceptors (Lipinski definition) is 4. The molecule has 0 bridgehead atoms. The zero-order chi connectivity index (χ0) is 24.2. The van der Waals surface area contributed by atoms with Crippen LogP contribution < -0.4 is 15.1 Å². The van der Waals surface area contributed by atoms with Crippen molar-refractivity contribution in [3.8, 4) is 0 Å². The molecule has 1 N–H and O–H groups in total. The van der Waals surface area contributed by atoms with Gasteiger partial charge in [-0.05, 0) is 93.2 Å². The number of anilines is 2. The fourth-order valence-electron chi connectivity index (χ4n) is 4.80. The molecule has 4 rings (SSSR count). The second kappa shape index (κ2) is 8.26. The van der Waals surface area contributed by atoms with Crippen LogP contribution in [0.2, 0.25) is 5.02 Å². The van der Waals surface area contributed by atoms with E-state index in [0.717, 1.165) is 28.8 Å². The Morgan fingerprint density at radius 1 is 1.15 bits per heavy atom. The van der Waals surface area contributed by atoms with Crippen molar-refractivity contribution in [2.24, 2.45) is 0 Å². The Labute approximate surface area is 205 Å². The summed E-state index contributed by atoms with van der Waals surface area (Å²) in [4.78, 5) is 29.8. The normalized spacial score (nSPS) is 21.4. The van der Waals surface area contributed by atoms with Gasteiger partial charge in [-0.25, -0.2) is 0 Å². The van der Waals surface area contributed by atoms with E-state index >= 15 is 0 Å². The molecular weight excluding hydrogens is 454 g/mol. The Morgan fingerprint density at radius 3 is 2.52 bits per heavy atom. The Hall–Kier alpha value is -2.70. The highest BCUT2D eigenvalue weighted by atomic mass is 35.5. The standard InChI is InChI=1S/C26H28ClN3O2S/c1-14-7-8-21(15(2)9-14)30-24(32)19(23(31)28-25(30)33)11-17-10-18-16(3)13-26(4,5)29(6)22(18)12-20(17)27/h7-12,16H,13H2,1-6H3,(H,28,31,33)/b19-11-. The SMILES string of the molecule is Cc1ccc(N2C(=O)/C(=C\c3cc4c(cc3Cl)N(C)C(C)(C)CC4C)C(=O)NC2=S)c(C)c1. The fourth-order valence-corrected chi connectivity index (χ4v) is 5.29. The van der Waals surface area contributed by atoms with Crippen LogP contribution in [0.15, 0.2) is 35.9 Å². The zero-order valence-electron chi connectivity index (χ0n) is 19.7. The number of carbonyl (C=O) groups is 2. The van der Waals surface area contributed by atoms with Crippen LogP contribution >= 0.6 is 23.8 Å². The molecule has 0 aromatic heterocycles. The molecule has 1 saturated heterocycles. The topological polar surface area (TPSA) is 52.7 Å². The van der Waals surface area contributed by atoms with Crippen molar-refractivity contribution in [3.05, 3.63) is 63.2 Å². The van der Waals surface area contributed by atoms with Gasteiger partial charge in [0.05, 0.1) is 5.69 Å². The molecule has 2 aromatic carbocycles. The van der Waals surface area contributed by atoms with Crippen molar-refractivity contribution in [1.82, 2.24) is 5.32 Å². The van der Waals surface area contributed by atoms with Gasteiger partial charge in [-0.15, -0.1) is 0 Å². The number of benzene rings is 2. The number of nitrogens with one attached hydrogen (secondary N) is 1. The molecule has 2 heterocycles. The quantitative estimate of drug-likeness (QED) is 0.349. The highest BCUT2D eigenvalue weighted by molar-refractivity contribution is 7.80. The number of thiocarbonyl (C=S) groups is 1. The minimum atomic E-state index is -0.522. The third-order valence-electron chi connectivity index (χ3n) is 6.75. The number of halogens is 1.